The number of nitrogens with zero attached hydrogens (tertiary/aromatic N) is 2. The predicted octanol–water partition coefficient (Wildman–Crippen LogP) is 2.92. The van der Waals surface area contributed by atoms with Crippen molar-refractivity contribution >= 4 is 11.8 Å². The number of H-pyrrole nitrogens is 1. The summed E-state index contributed by atoms with van der Waals surface area (Å²) in [6.45, 7) is 4.10. The van der Waals surface area contributed by atoms with Gasteiger partial charge in [-0.05, 0) is 12.8 Å². The number of rotatable bonds is 6. The first kappa shape index (κ1) is 17.3. The van der Waals surface area contributed by atoms with Crippen molar-refractivity contribution in [3.8, 4) is 17.3 Å². The van der Waals surface area contributed by atoms with E-state index in [1.54, 1.807) is 0 Å². The molecule has 5 nitrogen and oxygen atoms in total. The van der Waals surface area contributed by atoms with Crippen LogP contribution in [0.3, 0.4) is 0 Å². The molecule has 0 aliphatic heterocycles. The summed E-state index contributed by atoms with van der Waals surface area (Å²) >= 11 is 1.42. The van der Waals surface area contributed by atoms with E-state index in [4.69, 9.17) is 5.73 Å². The highest BCUT2D eigenvalue weighted by molar-refractivity contribution is 7.99. The number of nitrogens with one attached hydrogen (secondary N) is 1. The number of hydrogen-bond acceptors (Lipinski definition) is 5. The van der Waals surface area contributed by atoms with Gasteiger partial charge in [0, 0.05) is 16.9 Å². The molecular weight excluding hydrogens is 308 g/mol. The van der Waals surface area contributed by atoms with Crippen LogP contribution in [0.4, 0.5) is 0 Å². The summed E-state index contributed by atoms with van der Waals surface area (Å²) in [6, 6.07) is 11.2. The van der Waals surface area contributed by atoms with E-state index in [0.29, 0.717) is 16.6 Å². The zero-order valence-corrected chi connectivity index (χ0v) is 14.1. The topological polar surface area (TPSA) is 95.6 Å². The summed E-state index contributed by atoms with van der Waals surface area (Å²) in [5, 5.41) is 9.74. The number of benzene rings is 1. The minimum atomic E-state index is -0.417. The van der Waals surface area contributed by atoms with Crippen LogP contribution in [0, 0.1) is 11.3 Å². The number of nitriles is 1. The lowest BCUT2D eigenvalue weighted by Crippen LogP contribution is -2.41. The molecule has 0 atom stereocenters. The van der Waals surface area contributed by atoms with E-state index in [1.165, 1.54) is 11.8 Å². The fourth-order valence-corrected chi connectivity index (χ4v) is 3.25. The van der Waals surface area contributed by atoms with Gasteiger partial charge in [0.05, 0.1) is 5.69 Å². The second-order valence-electron chi connectivity index (χ2n) is 5.43. The molecule has 0 saturated heterocycles. The molecule has 23 heavy (non-hydrogen) atoms. The highest BCUT2D eigenvalue weighted by Gasteiger charge is 2.22. The van der Waals surface area contributed by atoms with Crippen LogP contribution in [0.5, 0.6) is 0 Å². The summed E-state index contributed by atoms with van der Waals surface area (Å²) in [4.78, 5) is 19.3. The summed E-state index contributed by atoms with van der Waals surface area (Å²) in [5.41, 5.74) is 6.79. The Morgan fingerprint density at radius 1 is 1.30 bits per heavy atom. The molecule has 0 unspecified atom stereocenters. The fourth-order valence-electron chi connectivity index (χ4n) is 2.10. The monoisotopic (exact) mass is 328 g/mol. The lowest BCUT2D eigenvalue weighted by Gasteiger charge is -2.25. The van der Waals surface area contributed by atoms with E-state index >= 15 is 0 Å². The molecule has 3 N–H and O–H groups in total. The Hall–Kier alpha value is -2.10. The first-order valence-electron chi connectivity index (χ1n) is 7.54. The molecular formula is C17H20N4OS. The average molecular weight is 328 g/mol. The van der Waals surface area contributed by atoms with E-state index in [9.17, 15) is 10.1 Å². The molecule has 0 spiro atoms. The Morgan fingerprint density at radius 3 is 2.52 bits per heavy atom. The van der Waals surface area contributed by atoms with Crippen molar-refractivity contribution in [3.05, 3.63) is 46.2 Å². The molecule has 6 heteroatoms. The maximum absolute atomic E-state index is 12.2. The SMILES string of the molecule is CCC(N)(CC)CSc1nc(-c2ccccc2)c(C#N)c(=O)[nH]1. The summed E-state index contributed by atoms with van der Waals surface area (Å²) in [6.07, 6.45) is 1.70. The quantitative estimate of drug-likeness (QED) is 0.628. The summed E-state index contributed by atoms with van der Waals surface area (Å²) in [7, 11) is 0. The highest BCUT2D eigenvalue weighted by atomic mass is 32.2. The fraction of sp³-hybridized carbons (Fsp3) is 0.353. The van der Waals surface area contributed by atoms with E-state index in [-0.39, 0.29) is 11.1 Å². The van der Waals surface area contributed by atoms with Gasteiger partial charge in [0.25, 0.3) is 5.56 Å². The Labute approximate surface area is 139 Å². The van der Waals surface area contributed by atoms with Crippen LogP contribution in [0.15, 0.2) is 40.3 Å². The minimum Gasteiger partial charge on any atom is -0.324 e. The first-order chi connectivity index (χ1) is 11.0. The van der Waals surface area contributed by atoms with Crippen molar-refractivity contribution in [2.75, 3.05) is 5.75 Å². The van der Waals surface area contributed by atoms with E-state index in [2.05, 4.69) is 23.8 Å². The van der Waals surface area contributed by atoms with Crippen LogP contribution in [0.25, 0.3) is 11.3 Å². The first-order valence-corrected chi connectivity index (χ1v) is 8.53. The van der Waals surface area contributed by atoms with Crippen LogP contribution in [-0.4, -0.2) is 21.3 Å². The van der Waals surface area contributed by atoms with Crippen molar-refractivity contribution in [3.63, 3.8) is 0 Å². The van der Waals surface area contributed by atoms with Crippen molar-refractivity contribution in [2.24, 2.45) is 5.73 Å². The number of nitrogens with two attached hydrogens (primary N) is 1. The zero-order valence-electron chi connectivity index (χ0n) is 13.3. The zero-order chi connectivity index (χ0) is 16.9. The third-order valence-electron chi connectivity index (χ3n) is 3.96. The minimum absolute atomic E-state index is 0.0329. The van der Waals surface area contributed by atoms with E-state index < -0.39 is 5.56 Å². The molecule has 0 bridgehead atoms. The number of aromatic nitrogens is 2. The van der Waals surface area contributed by atoms with Gasteiger partial charge in [-0.2, -0.15) is 5.26 Å². The number of aromatic amines is 1. The lowest BCUT2D eigenvalue weighted by atomic mass is 9.97. The molecule has 0 aliphatic rings. The van der Waals surface area contributed by atoms with E-state index in [1.807, 2.05) is 36.4 Å². The van der Waals surface area contributed by atoms with Crippen molar-refractivity contribution in [1.82, 2.24) is 9.97 Å². The Morgan fingerprint density at radius 2 is 1.96 bits per heavy atom. The second-order valence-corrected chi connectivity index (χ2v) is 6.39. The molecule has 0 aliphatic carbocycles. The summed E-state index contributed by atoms with van der Waals surface area (Å²) in [5.74, 6) is 0.656. The molecule has 1 aromatic heterocycles. The van der Waals surface area contributed by atoms with Crippen LogP contribution in [-0.2, 0) is 0 Å². The normalized spacial score (nSPS) is 11.2. The standard InChI is InChI=1S/C17H20N4OS/c1-3-17(19,4-2)11-23-16-20-14(12-8-6-5-7-9-12)13(10-18)15(22)21-16/h5-9H,3-4,11,19H2,1-2H3,(H,20,21,22). The molecule has 0 saturated carbocycles. The van der Waals surface area contributed by atoms with E-state index in [0.717, 1.165) is 18.4 Å². The largest absolute Gasteiger partial charge is 0.324 e. The molecule has 0 fully saturated rings. The molecule has 0 radical (unpaired) electrons. The lowest BCUT2D eigenvalue weighted by molar-refractivity contribution is 0.446. The maximum atomic E-state index is 12.2. The molecule has 1 aromatic carbocycles. The average Bonchev–Trinajstić information content (AvgIpc) is 2.60. The van der Waals surface area contributed by atoms with Gasteiger partial charge in [-0.3, -0.25) is 4.79 Å². The predicted molar refractivity (Wildman–Crippen MR) is 93.2 cm³/mol. The van der Waals surface area contributed by atoms with Gasteiger partial charge in [0.2, 0.25) is 0 Å². The van der Waals surface area contributed by atoms with Crippen LogP contribution >= 0.6 is 11.8 Å². The van der Waals surface area contributed by atoms with Gasteiger partial charge < -0.3 is 10.7 Å². The van der Waals surface area contributed by atoms with Gasteiger partial charge in [-0.1, -0.05) is 55.9 Å². The Kier molecular flexibility index (Phi) is 5.59. The van der Waals surface area contributed by atoms with Gasteiger partial charge in [0.15, 0.2) is 5.16 Å². The van der Waals surface area contributed by atoms with Crippen molar-refractivity contribution in [1.29, 1.82) is 5.26 Å². The van der Waals surface area contributed by atoms with Crippen LogP contribution in [0.2, 0.25) is 0 Å². The van der Waals surface area contributed by atoms with Gasteiger partial charge in [-0.15, -0.1) is 0 Å². The Balaban J connectivity index is 2.39. The molecule has 120 valence electrons. The third-order valence-corrected chi connectivity index (χ3v) is 5.15. The van der Waals surface area contributed by atoms with Gasteiger partial charge in [0.1, 0.15) is 11.6 Å². The van der Waals surface area contributed by atoms with Crippen LogP contribution in [0.1, 0.15) is 32.3 Å². The highest BCUT2D eigenvalue weighted by Crippen LogP contribution is 2.25. The maximum Gasteiger partial charge on any atom is 0.270 e. The van der Waals surface area contributed by atoms with Gasteiger partial charge >= 0.3 is 0 Å². The summed E-state index contributed by atoms with van der Waals surface area (Å²) < 4.78 is 0. The Bertz CT molecular complexity index is 760. The molecule has 0 amide bonds. The molecule has 2 rings (SSSR count). The number of hydrogen-bond donors (Lipinski definition) is 2. The number of thioether (sulfide) groups is 1. The third kappa shape index (κ3) is 4.01. The van der Waals surface area contributed by atoms with Gasteiger partial charge in [-0.25, -0.2) is 4.98 Å². The van der Waals surface area contributed by atoms with Crippen molar-refractivity contribution < 1.29 is 0 Å². The second kappa shape index (κ2) is 7.44. The van der Waals surface area contributed by atoms with Crippen LogP contribution < -0.4 is 11.3 Å². The molecule has 1 heterocycles. The molecule has 2 aromatic rings. The smallest absolute Gasteiger partial charge is 0.270 e. The van der Waals surface area contributed by atoms with Crippen molar-refractivity contribution in [2.45, 2.75) is 37.4 Å².